The fraction of sp³-hybridized carbons (Fsp3) is 0.818. The van der Waals surface area contributed by atoms with Gasteiger partial charge in [-0.1, -0.05) is 27.7 Å². The minimum Gasteiger partial charge on any atom is -0.462 e. The van der Waals surface area contributed by atoms with Crippen LogP contribution in [0.2, 0.25) is 0 Å². The summed E-state index contributed by atoms with van der Waals surface area (Å²) in [4.78, 5) is 22.3. The van der Waals surface area contributed by atoms with Gasteiger partial charge in [-0.3, -0.25) is 9.59 Å². The van der Waals surface area contributed by atoms with Crippen LogP contribution in [0.4, 0.5) is 0 Å². The molecule has 0 aromatic heterocycles. The first kappa shape index (κ1) is 14.9. The minimum absolute atomic E-state index is 0.0331. The molecule has 0 aliphatic carbocycles. The van der Waals surface area contributed by atoms with Gasteiger partial charge in [-0.05, 0) is 5.92 Å². The normalized spacial score (nSPS) is 12.7. The Balaban J connectivity index is 3.67. The summed E-state index contributed by atoms with van der Waals surface area (Å²) in [5.41, 5.74) is 5.57. The molecule has 5 nitrogen and oxygen atoms in total. The molecule has 0 spiro atoms. The molecular weight excluding hydrogens is 210 g/mol. The maximum absolute atomic E-state index is 11.3. The van der Waals surface area contributed by atoms with Crippen LogP contribution in [0.5, 0.6) is 0 Å². The third kappa shape index (κ3) is 5.70. The molecule has 0 radical (unpaired) electrons. The molecule has 0 saturated carbocycles. The highest BCUT2D eigenvalue weighted by molar-refractivity contribution is 5.75. The molecular formula is C11H21NO4. The molecule has 0 heterocycles. The van der Waals surface area contributed by atoms with Crippen molar-refractivity contribution in [1.29, 1.82) is 0 Å². The molecule has 2 N–H and O–H groups in total. The van der Waals surface area contributed by atoms with Crippen LogP contribution >= 0.6 is 0 Å². The van der Waals surface area contributed by atoms with Crippen LogP contribution < -0.4 is 5.73 Å². The van der Waals surface area contributed by atoms with Crippen molar-refractivity contribution in [3.8, 4) is 0 Å². The molecule has 0 rings (SSSR count). The van der Waals surface area contributed by atoms with Gasteiger partial charge in [-0.25, -0.2) is 0 Å². The van der Waals surface area contributed by atoms with Crippen molar-refractivity contribution in [3.05, 3.63) is 0 Å². The molecule has 0 aliphatic heterocycles. The van der Waals surface area contributed by atoms with E-state index in [1.807, 2.05) is 13.8 Å². The number of hydrogen-bond donors (Lipinski definition) is 1. The lowest BCUT2D eigenvalue weighted by atomic mass is 10.1. The maximum atomic E-state index is 11.3. The van der Waals surface area contributed by atoms with Crippen LogP contribution in [0.15, 0.2) is 0 Å². The average Bonchev–Trinajstić information content (AvgIpc) is 2.22. The van der Waals surface area contributed by atoms with Crippen molar-refractivity contribution in [3.63, 3.8) is 0 Å². The van der Waals surface area contributed by atoms with E-state index in [4.69, 9.17) is 15.2 Å². The second-order valence-electron chi connectivity index (χ2n) is 4.26. The third-order valence-electron chi connectivity index (χ3n) is 2.03. The Morgan fingerprint density at radius 3 is 1.81 bits per heavy atom. The first-order valence-electron chi connectivity index (χ1n) is 5.45. The van der Waals surface area contributed by atoms with E-state index < -0.39 is 12.0 Å². The monoisotopic (exact) mass is 231 g/mol. The average molecular weight is 231 g/mol. The van der Waals surface area contributed by atoms with Crippen molar-refractivity contribution >= 4 is 11.9 Å². The first-order valence-corrected chi connectivity index (χ1v) is 5.45. The topological polar surface area (TPSA) is 78.6 Å². The van der Waals surface area contributed by atoms with E-state index >= 15 is 0 Å². The molecule has 0 aliphatic rings. The zero-order chi connectivity index (χ0) is 12.7. The quantitative estimate of drug-likeness (QED) is 0.538. The minimum atomic E-state index is -0.624. The lowest BCUT2D eigenvalue weighted by molar-refractivity contribution is -0.155. The molecule has 1 atom stereocenters. The van der Waals surface area contributed by atoms with Gasteiger partial charge < -0.3 is 15.2 Å². The summed E-state index contributed by atoms with van der Waals surface area (Å²) in [6.45, 7) is 7.28. The van der Waals surface area contributed by atoms with Gasteiger partial charge in [-0.2, -0.15) is 0 Å². The zero-order valence-electron chi connectivity index (χ0n) is 10.4. The lowest BCUT2D eigenvalue weighted by Gasteiger charge is -2.14. The van der Waals surface area contributed by atoms with E-state index in [-0.39, 0.29) is 31.0 Å². The molecule has 0 amide bonds. The summed E-state index contributed by atoms with van der Waals surface area (Å²) >= 11 is 0. The van der Waals surface area contributed by atoms with Gasteiger partial charge in [0.25, 0.3) is 0 Å². The highest BCUT2D eigenvalue weighted by Gasteiger charge is 2.18. The maximum Gasteiger partial charge on any atom is 0.323 e. The van der Waals surface area contributed by atoms with Crippen LogP contribution in [-0.4, -0.2) is 31.2 Å². The summed E-state index contributed by atoms with van der Waals surface area (Å²) in [6.07, 6.45) is 0. The highest BCUT2D eigenvalue weighted by atomic mass is 16.6. The van der Waals surface area contributed by atoms with Gasteiger partial charge in [0.05, 0.1) is 5.92 Å². The fourth-order valence-corrected chi connectivity index (χ4v) is 0.820. The smallest absolute Gasteiger partial charge is 0.323 e. The summed E-state index contributed by atoms with van der Waals surface area (Å²) in [5, 5.41) is 0. The third-order valence-corrected chi connectivity index (χ3v) is 2.03. The van der Waals surface area contributed by atoms with Gasteiger partial charge in [-0.15, -0.1) is 0 Å². The van der Waals surface area contributed by atoms with Crippen LogP contribution in [0.3, 0.4) is 0 Å². The van der Waals surface area contributed by atoms with Gasteiger partial charge in [0, 0.05) is 0 Å². The largest absolute Gasteiger partial charge is 0.462 e. The highest BCUT2D eigenvalue weighted by Crippen LogP contribution is 2.00. The number of nitrogens with two attached hydrogens (primary N) is 1. The number of esters is 2. The van der Waals surface area contributed by atoms with Crippen LogP contribution in [-0.2, 0) is 19.1 Å². The second kappa shape index (κ2) is 7.22. The fourth-order valence-electron chi connectivity index (χ4n) is 0.820. The predicted molar refractivity (Wildman–Crippen MR) is 59.6 cm³/mol. The van der Waals surface area contributed by atoms with Gasteiger partial charge >= 0.3 is 11.9 Å². The lowest BCUT2D eigenvalue weighted by Crippen LogP contribution is -2.37. The van der Waals surface area contributed by atoms with Crippen molar-refractivity contribution in [2.24, 2.45) is 17.6 Å². The summed E-state index contributed by atoms with van der Waals surface area (Å²) < 4.78 is 9.69. The summed E-state index contributed by atoms with van der Waals surface area (Å²) in [5.74, 6) is -0.904. The van der Waals surface area contributed by atoms with E-state index in [0.717, 1.165) is 0 Å². The Bertz CT molecular complexity index is 238. The summed E-state index contributed by atoms with van der Waals surface area (Å²) in [7, 11) is 0. The van der Waals surface area contributed by atoms with Crippen LogP contribution in [0, 0.1) is 11.8 Å². The number of hydrogen-bond acceptors (Lipinski definition) is 5. The van der Waals surface area contributed by atoms with Crippen molar-refractivity contribution in [1.82, 2.24) is 0 Å². The zero-order valence-corrected chi connectivity index (χ0v) is 10.4. The second-order valence-corrected chi connectivity index (χ2v) is 4.26. The Hall–Kier alpha value is -1.10. The molecule has 0 bridgehead atoms. The Labute approximate surface area is 96.3 Å². The van der Waals surface area contributed by atoms with Gasteiger partial charge in [0.2, 0.25) is 0 Å². The molecule has 5 heteroatoms. The predicted octanol–water partition coefficient (Wildman–Crippen LogP) is 0.712. The molecule has 0 saturated heterocycles. The van der Waals surface area contributed by atoms with Crippen molar-refractivity contribution in [2.75, 3.05) is 13.2 Å². The standard InChI is InChI=1S/C11H21NO4/c1-7(2)9(12)11(14)16-6-5-15-10(13)8(3)4/h7-9H,5-6,12H2,1-4H3/t9-/m0/s1. The van der Waals surface area contributed by atoms with Crippen molar-refractivity contribution in [2.45, 2.75) is 33.7 Å². The number of carbonyl (C=O) groups excluding carboxylic acids is 2. The Kier molecular flexibility index (Phi) is 6.72. The number of ether oxygens (including phenoxy) is 2. The van der Waals surface area contributed by atoms with E-state index in [9.17, 15) is 9.59 Å². The first-order chi connectivity index (χ1) is 7.36. The molecule has 0 aromatic rings. The SMILES string of the molecule is CC(C)C(=O)OCCOC(=O)[C@@H](N)C(C)C. The van der Waals surface area contributed by atoms with Crippen LogP contribution in [0.1, 0.15) is 27.7 Å². The van der Waals surface area contributed by atoms with E-state index in [1.165, 1.54) is 0 Å². The van der Waals surface area contributed by atoms with E-state index in [1.54, 1.807) is 13.8 Å². The number of rotatable bonds is 6. The summed E-state index contributed by atoms with van der Waals surface area (Å²) in [6, 6.07) is -0.624. The molecule has 94 valence electrons. The van der Waals surface area contributed by atoms with Gasteiger partial charge in [0.15, 0.2) is 0 Å². The Morgan fingerprint density at radius 1 is 1.00 bits per heavy atom. The number of carbonyl (C=O) groups is 2. The Morgan fingerprint density at radius 2 is 1.44 bits per heavy atom. The van der Waals surface area contributed by atoms with E-state index in [2.05, 4.69) is 0 Å². The van der Waals surface area contributed by atoms with Gasteiger partial charge in [0.1, 0.15) is 19.3 Å². The molecule has 0 unspecified atom stereocenters. The molecule has 16 heavy (non-hydrogen) atoms. The van der Waals surface area contributed by atoms with E-state index in [0.29, 0.717) is 0 Å². The van der Waals surface area contributed by atoms with Crippen molar-refractivity contribution < 1.29 is 19.1 Å². The molecule has 0 fully saturated rings. The molecule has 0 aromatic carbocycles. The van der Waals surface area contributed by atoms with Crippen LogP contribution in [0.25, 0.3) is 0 Å².